The Kier molecular flexibility index (Phi) is 7.48. The van der Waals surface area contributed by atoms with Crippen molar-refractivity contribution < 1.29 is 22.7 Å². The van der Waals surface area contributed by atoms with E-state index >= 15 is 0 Å². The topological polar surface area (TPSA) is 120 Å². The maximum absolute atomic E-state index is 13.6. The number of carbonyl (C=O) groups is 1. The Labute approximate surface area is 242 Å². The van der Waals surface area contributed by atoms with Crippen LogP contribution in [0, 0.1) is 25.2 Å². The number of carbonyl (C=O) groups excluding carboxylic acids is 1. The Morgan fingerprint density at radius 1 is 1.10 bits per heavy atom. The Morgan fingerprint density at radius 3 is 2.44 bits per heavy atom. The Hall–Kier alpha value is -3.66. The van der Waals surface area contributed by atoms with Crippen molar-refractivity contribution in [1.82, 2.24) is 15.3 Å². The number of amides is 1. The normalized spacial score (nSPS) is 23.2. The zero-order valence-electron chi connectivity index (χ0n) is 24.4. The van der Waals surface area contributed by atoms with Crippen LogP contribution < -0.4 is 14.8 Å². The lowest BCUT2D eigenvalue weighted by Gasteiger charge is -2.54. The third-order valence-corrected chi connectivity index (χ3v) is 9.51. The SMILES string of the molecule is COC(=O)NC1CC2(C1)c1cccc(c1)S(=O)(=O)Nc1nc(cc(-c3c(C)cccc3C)n1)OC[C@H]2CC(C)(C)C. The standard InChI is InChI=1S/C31H38N4O5S/c1-19-9-7-10-20(2)27(19)25-14-26-34-28(33-25)35-41(37,38)24-12-8-11-21(13-24)31(16-23(17-31)32-29(36)39-6)22(18-40-26)15-30(3,4)5/h7-14,22-23H,15-18H2,1-6H3,(H,32,36)(H,33,34,35)/t22-,23?,31?/m1/s1. The quantitative estimate of drug-likeness (QED) is 0.405. The number of alkyl carbamates (subject to hydrolysis) is 1. The molecule has 4 bridgehead atoms. The minimum atomic E-state index is -4.01. The Balaban J connectivity index is 1.64. The first-order chi connectivity index (χ1) is 19.3. The third kappa shape index (κ3) is 5.88. The number of aryl methyl sites for hydroxylation is 2. The third-order valence-electron chi connectivity index (χ3n) is 8.19. The summed E-state index contributed by atoms with van der Waals surface area (Å²) in [6.45, 7) is 10.9. The minimum Gasteiger partial charge on any atom is -0.477 e. The molecule has 218 valence electrons. The van der Waals surface area contributed by atoms with Gasteiger partial charge in [-0.2, -0.15) is 4.98 Å². The summed E-state index contributed by atoms with van der Waals surface area (Å²) < 4.78 is 41.1. The fourth-order valence-electron chi connectivity index (χ4n) is 6.33. The smallest absolute Gasteiger partial charge is 0.407 e. The second-order valence-electron chi connectivity index (χ2n) is 12.5. The number of fused-ring (bicyclic) bond motifs is 5. The molecular formula is C31H38N4O5S. The molecular weight excluding hydrogens is 540 g/mol. The lowest BCUT2D eigenvalue weighted by Crippen LogP contribution is -2.58. The van der Waals surface area contributed by atoms with Crippen LogP contribution in [0.2, 0.25) is 0 Å². The number of rotatable bonds is 3. The van der Waals surface area contributed by atoms with Gasteiger partial charge in [-0.1, -0.05) is 51.1 Å². The number of ether oxygens (including phenoxy) is 2. The fourth-order valence-corrected chi connectivity index (χ4v) is 7.32. The molecule has 41 heavy (non-hydrogen) atoms. The van der Waals surface area contributed by atoms with Gasteiger partial charge in [0.1, 0.15) is 0 Å². The molecule has 3 aromatic rings. The minimum absolute atomic E-state index is 0.00518. The highest BCUT2D eigenvalue weighted by molar-refractivity contribution is 7.92. The van der Waals surface area contributed by atoms with E-state index in [-0.39, 0.29) is 28.2 Å². The van der Waals surface area contributed by atoms with Crippen LogP contribution in [0.3, 0.4) is 0 Å². The van der Waals surface area contributed by atoms with Crippen LogP contribution in [-0.2, 0) is 20.2 Å². The molecule has 9 nitrogen and oxygen atoms in total. The van der Waals surface area contributed by atoms with Gasteiger partial charge >= 0.3 is 6.09 Å². The molecule has 0 radical (unpaired) electrons. The van der Waals surface area contributed by atoms with Gasteiger partial charge in [0, 0.05) is 29.0 Å². The number of methoxy groups -OCH3 is 1. The van der Waals surface area contributed by atoms with Crippen LogP contribution in [0.5, 0.6) is 5.88 Å². The highest BCUT2D eigenvalue weighted by atomic mass is 32.2. The molecule has 5 rings (SSSR count). The lowest BCUT2D eigenvalue weighted by molar-refractivity contribution is 0.0369. The summed E-state index contributed by atoms with van der Waals surface area (Å²) in [7, 11) is -2.66. The number of hydrogen-bond acceptors (Lipinski definition) is 7. The van der Waals surface area contributed by atoms with Crippen LogP contribution in [-0.4, -0.2) is 44.2 Å². The number of sulfonamides is 1. The van der Waals surface area contributed by atoms with Crippen LogP contribution >= 0.6 is 0 Å². The summed E-state index contributed by atoms with van der Waals surface area (Å²) >= 11 is 0. The van der Waals surface area contributed by atoms with E-state index in [9.17, 15) is 13.2 Å². The molecule has 1 aromatic heterocycles. The van der Waals surface area contributed by atoms with Crippen LogP contribution in [0.1, 0.15) is 56.7 Å². The molecule has 1 atom stereocenters. The maximum Gasteiger partial charge on any atom is 0.407 e. The molecule has 0 saturated heterocycles. The van der Waals surface area contributed by atoms with E-state index in [0.717, 1.165) is 28.7 Å². The van der Waals surface area contributed by atoms with Gasteiger partial charge in [-0.15, -0.1) is 0 Å². The van der Waals surface area contributed by atoms with E-state index in [0.29, 0.717) is 31.0 Å². The van der Waals surface area contributed by atoms with Crippen molar-refractivity contribution in [3.8, 4) is 17.1 Å². The van der Waals surface area contributed by atoms with E-state index in [2.05, 4.69) is 40.8 Å². The van der Waals surface area contributed by atoms with Crippen molar-refractivity contribution in [2.24, 2.45) is 11.3 Å². The molecule has 0 unspecified atom stereocenters. The fraction of sp³-hybridized carbons (Fsp3) is 0.452. The van der Waals surface area contributed by atoms with E-state index in [4.69, 9.17) is 9.47 Å². The first-order valence-corrected chi connectivity index (χ1v) is 15.3. The van der Waals surface area contributed by atoms with Gasteiger partial charge in [0.15, 0.2) is 0 Å². The molecule has 1 aliphatic heterocycles. The molecule has 2 aromatic carbocycles. The lowest BCUT2D eigenvalue weighted by atomic mass is 9.53. The second kappa shape index (κ2) is 10.6. The zero-order valence-corrected chi connectivity index (χ0v) is 25.3. The Morgan fingerprint density at radius 2 is 1.78 bits per heavy atom. The van der Waals surface area contributed by atoms with Gasteiger partial charge in [0.25, 0.3) is 10.0 Å². The predicted octanol–water partition coefficient (Wildman–Crippen LogP) is 5.76. The molecule has 1 spiro atoms. The number of nitrogens with zero attached hydrogens (tertiary/aromatic N) is 2. The number of hydrogen-bond donors (Lipinski definition) is 2. The summed E-state index contributed by atoms with van der Waals surface area (Å²) in [5.74, 6) is 0.266. The summed E-state index contributed by atoms with van der Waals surface area (Å²) in [5.41, 5.74) is 3.97. The number of nitrogens with one attached hydrogen (secondary N) is 2. The molecule has 10 heteroatoms. The number of aromatic nitrogens is 2. The Bertz CT molecular complexity index is 1560. The van der Waals surface area contributed by atoms with Crippen LogP contribution in [0.15, 0.2) is 53.4 Å². The average molecular weight is 579 g/mol. The van der Waals surface area contributed by atoms with Crippen molar-refractivity contribution in [3.05, 3.63) is 65.2 Å². The maximum atomic E-state index is 13.6. The van der Waals surface area contributed by atoms with Crippen molar-refractivity contribution in [3.63, 3.8) is 0 Å². The summed E-state index contributed by atoms with van der Waals surface area (Å²) in [5, 5.41) is 2.92. The molecule has 1 amide bonds. The van der Waals surface area contributed by atoms with Gasteiger partial charge in [0.05, 0.1) is 24.3 Å². The van der Waals surface area contributed by atoms with Crippen molar-refractivity contribution >= 4 is 22.1 Å². The number of benzene rings is 2. The molecule has 2 N–H and O–H groups in total. The van der Waals surface area contributed by atoms with E-state index in [1.807, 2.05) is 38.1 Å². The van der Waals surface area contributed by atoms with Gasteiger partial charge in [-0.3, -0.25) is 0 Å². The highest BCUT2D eigenvalue weighted by Crippen LogP contribution is 2.53. The van der Waals surface area contributed by atoms with E-state index in [1.54, 1.807) is 24.3 Å². The van der Waals surface area contributed by atoms with E-state index in [1.165, 1.54) is 7.11 Å². The molecule has 1 aliphatic carbocycles. The van der Waals surface area contributed by atoms with Crippen LogP contribution in [0.4, 0.5) is 10.7 Å². The molecule has 1 saturated carbocycles. The van der Waals surface area contributed by atoms with E-state index < -0.39 is 21.5 Å². The highest BCUT2D eigenvalue weighted by Gasteiger charge is 2.52. The monoisotopic (exact) mass is 578 g/mol. The molecule has 2 heterocycles. The van der Waals surface area contributed by atoms with Crippen molar-refractivity contribution in [1.29, 1.82) is 0 Å². The van der Waals surface area contributed by atoms with Gasteiger partial charge in [-0.05, 0) is 67.3 Å². The first kappa shape index (κ1) is 28.9. The average Bonchev–Trinajstić information content (AvgIpc) is 2.87. The zero-order chi connectivity index (χ0) is 29.6. The summed E-state index contributed by atoms with van der Waals surface area (Å²) in [4.78, 5) is 21.2. The number of anilines is 1. The van der Waals surface area contributed by atoms with Gasteiger partial charge in [-0.25, -0.2) is 22.9 Å². The second-order valence-corrected chi connectivity index (χ2v) is 14.2. The molecule has 1 fully saturated rings. The first-order valence-electron chi connectivity index (χ1n) is 13.9. The van der Waals surface area contributed by atoms with Gasteiger partial charge in [0.2, 0.25) is 11.8 Å². The largest absolute Gasteiger partial charge is 0.477 e. The van der Waals surface area contributed by atoms with Crippen LogP contribution in [0.25, 0.3) is 11.3 Å². The van der Waals surface area contributed by atoms with Crippen molar-refractivity contribution in [2.75, 3.05) is 18.4 Å². The van der Waals surface area contributed by atoms with Crippen molar-refractivity contribution in [2.45, 2.75) is 70.2 Å². The predicted molar refractivity (Wildman–Crippen MR) is 157 cm³/mol. The summed E-state index contributed by atoms with van der Waals surface area (Å²) in [6.07, 6.45) is 1.60. The summed E-state index contributed by atoms with van der Waals surface area (Å²) in [6, 6.07) is 14.7. The molecule has 2 aliphatic rings. The van der Waals surface area contributed by atoms with Gasteiger partial charge < -0.3 is 14.8 Å².